The molecule has 1 heterocycles. The first-order chi connectivity index (χ1) is 6.58. The van der Waals surface area contributed by atoms with Gasteiger partial charge in [0.05, 0.1) is 0 Å². The molecule has 1 aromatic heterocycles. The summed E-state index contributed by atoms with van der Waals surface area (Å²) in [5, 5.41) is 0.910. The third-order valence-corrected chi connectivity index (χ3v) is 2.35. The Hall–Kier alpha value is -1.44. The van der Waals surface area contributed by atoms with Crippen LogP contribution in [0.4, 0.5) is 4.39 Å². The molecule has 2 heteroatoms. The number of aromatic nitrogens is 1. The van der Waals surface area contributed by atoms with Crippen LogP contribution in [-0.4, -0.2) is 4.98 Å². The van der Waals surface area contributed by atoms with Gasteiger partial charge in [0.15, 0.2) is 0 Å². The standard InChI is InChI=1S/C12H12FN/c1-7-4-10-8(2)6-9(3)14-12(10)11(13)5-7/h4-6H,1-3H3. The van der Waals surface area contributed by atoms with Crippen molar-refractivity contribution in [1.82, 2.24) is 4.98 Å². The third kappa shape index (κ3) is 1.37. The molecule has 0 bridgehead atoms. The average molecular weight is 189 g/mol. The van der Waals surface area contributed by atoms with E-state index >= 15 is 0 Å². The lowest BCUT2D eigenvalue weighted by Gasteiger charge is -2.05. The normalized spacial score (nSPS) is 10.9. The van der Waals surface area contributed by atoms with E-state index in [0.29, 0.717) is 5.52 Å². The van der Waals surface area contributed by atoms with E-state index in [2.05, 4.69) is 4.98 Å². The van der Waals surface area contributed by atoms with Crippen molar-refractivity contribution < 1.29 is 4.39 Å². The van der Waals surface area contributed by atoms with Gasteiger partial charge < -0.3 is 0 Å². The van der Waals surface area contributed by atoms with E-state index in [4.69, 9.17) is 0 Å². The van der Waals surface area contributed by atoms with Crippen molar-refractivity contribution in [2.75, 3.05) is 0 Å². The lowest BCUT2D eigenvalue weighted by atomic mass is 10.1. The fourth-order valence-electron chi connectivity index (χ4n) is 1.75. The highest BCUT2D eigenvalue weighted by atomic mass is 19.1. The molecule has 0 fully saturated rings. The van der Waals surface area contributed by atoms with Gasteiger partial charge in [-0.2, -0.15) is 0 Å². The molecule has 2 rings (SSSR count). The van der Waals surface area contributed by atoms with E-state index in [9.17, 15) is 4.39 Å². The van der Waals surface area contributed by atoms with Gasteiger partial charge in [0.1, 0.15) is 11.3 Å². The van der Waals surface area contributed by atoms with Crippen molar-refractivity contribution in [3.8, 4) is 0 Å². The second-order valence-electron chi connectivity index (χ2n) is 3.72. The van der Waals surface area contributed by atoms with Crippen LogP contribution < -0.4 is 0 Å². The Balaban J connectivity index is 2.94. The first kappa shape index (κ1) is 9.13. The highest BCUT2D eigenvalue weighted by Crippen LogP contribution is 2.21. The number of aryl methyl sites for hydroxylation is 3. The van der Waals surface area contributed by atoms with Gasteiger partial charge in [-0.05, 0) is 50.1 Å². The van der Waals surface area contributed by atoms with Gasteiger partial charge in [-0.25, -0.2) is 4.39 Å². The van der Waals surface area contributed by atoms with Crippen LogP contribution in [0.3, 0.4) is 0 Å². The Morgan fingerprint density at radius 1 is 1.07 bits per heavy atom. The molecule has 72 valence electrons. The highest BCUT2D eigenvalue weighted by molar-refractivity contribution is 5.83. The Bertz CT molecular complexity index is 456. The van der Waals surface area contributed by atoms with Crippen molar-refractivity contribution >= 4 is 10.9 Å². The van der Waals surface area contributed by atoms with Crippen LogP contribution in [-0.2, 0) is 0 Å². The molecule has 1 aromatic carbocycles. The van der Waals surface area contributed by atoms with Crippen LogP contribution in [0.15, 0.2) is 18.2 Å². The second kappa shape index (κ2) is 3.05. The fourth-order valence-corrected chi connectivity index (χ4v) is 1.75. The number of nitrogens with zero attached hydrogens (tertiary/aromatic N) is 1. The summed E-state index contributed by atoms with van der Waals surface area (Å²) in [6.07, 6.45) is 0. The molecule has 0 aliphatic rings. The van der Waals surface area contributed by atoms with Crippen LogP contribution in [0.2, 0.25) is 0 Å². The molecule has 0 saturated heterocycles. The van der Waals surface area contributed by atoms with Gasteiger partial charge in [-0.15, -0.1) is 0 Å². The zero-order chi connectivity index (χ0) is 10.3. The zero-order valence-electron chi connectivity index (χ0n) is 8.56. The molecular formula is C12H12FN. The van der Waals surface area contributed by atoms with Gasteiger partial charge in [0, 0.05) is 11.1 Å². The lowest BCUT2D eigenvalue weighted by molar-refractivity contribution is 0.635. The van der Waals surface area contributed by atoms with E-state index in [-0.39, 0.29) is 5.82 Å². The molecular weight excluding hydrogens is 177 g/mol. The number of benzene rings is 1. The molecule has 0 N–H and O–H groups in total. The number of pyridine rings is 1. The van der Waals surface area contributed by atoms with Crippen molar-refractivity contribution in [3.63, 3.8) is 0 Å². The summed E-state index contributed by atoms with van der Waals surface area (Å²) in [6.45, 7) is 5.75. The SMILES string of the molecule is Cc1cc(F)c2nc(C)cc(C)c2c1. The Labute approximate surface area is 82.6 Å². The van der Waals surface area contributed by atoms with E-state index in [1.54, 1.807) is 0 Å². The third-order valence-electron chi connectivity index (χ3n) is 2.35. The summed E-state index contributed by atoms with van der Waals surface area (Å²) in [4.78, 5) is 4.20. The number of fused-ring (bicyclic) bond motifs is 1. The van der Waals surface area contributed by atoms with Gasteiger partial charge in [0.25, 0.3) is 0 Å². The van der Waals surface area contributed by atoms with E-state index in [1.807, 2.05) is 32.9 Å². The summed E-state index contributed by atoms with van der Waals surface area (Å²) < 4.78 is 13.5. The number of rotatable bonds is 0. The highest BCUT2D eigenvalue weighted by Gasteiger charge is 2.06. The maximum absolute atomic E-state index is 13.5. The van der Waals surface area contributed by atoms with Crippen molar-refractivity contribution in [2.45, 2.75) is 20.8 Å². The van der Waals surface area contributed by atoms with Gasteiger partial charge in [0.2, 0.25) is 0 Å². The average Bonchev–Trinajstić information content (AvgIpc) is 2.07. The van der Waals surface area contributed by atoms with E-state index < -0.39 is 0 Å². The molecule has 0 aliphatic heterocycles. The minimum absolute atomic E-state index is 0.230. The molecule has 0 aliphatic carbocycles. The molecule has 0 radical (unpaired) electrons. The Kier molecular flexibility index (Phi) is 1.99. The van der Waals surface area contributed by atoms with Crippen LogP contribution in [0.1, 0.15) is 16.8 Å². The predicted octanol–water partition coefficient (Wildman–Crippen LogP) is 3.30. The topological polar surface area (TPSA) is 12.9 Å². The van der Waals surface area contributed by atoms with Crippen molar-refractivity contribution in [1.29, 1.82) is 0 Å². The van der Waals surface area contributed by atoms with Crippen molar-refractivity contribution in [2.24, 2.45) is 0 Å². The van der Waals surface area contributed by atoms with Gasteiger partial charge in [-0.3, -0.25) is 4.98 Å². The fraction of sp³-hybridized carbons (Fsp3) is 0.250. The van der Waals surface area contributed by atoms with Gasteiger partial charge >= 0.3 is 0 Å². The molecule has 2 aromatic rings. The number of hydrogen-bond acceptors (Lipinski definition) is 1. The Morgan fingerprint density at radius 2 is 1.79 bits per heavy atom. The number of halogens is 1. The quantitative estimate of drug-likeness (QED) is 0.619. The molecule has 0 amide bonds. The summed E-state index contributed by atoms with van der Waals surface area (Å²) in [5.74, 6) is -0.230. The Morgan fingerprint density at radius 3 is 2.50 bits per heavy atom. The molecule has 14 heavy (non-hydrogen) atoms. The smallest absolute Gasteiger partial charge is 0.149 e. The monoisotopic (exact) mass is 189 g/mol. The second-order valence-corrected chi connectivity index (χ2v) is 3.72. The minimum Gasteiger partial charge on any atom is -0.250 e. The molecule has 0 atom stereocenters. The summed E-state index contributed by atoms with van der Waals surface area (Å²) in [7, 11) is 0. The molecule has 0 spiro atoms. The van der Waals surface area contributed by atoms with Gasteiger partial charge in [-0.1, -0.05) is 0 Å². The maximum Gasteiger partial charge on any atom is 0.149 e. The first-order valence-electron chi connectivity index (χ1n) is 4.62. The van der Waals surface area contributed by atoms with Crippen LogP contribution in [0, 0.1) is 26.6 Å². The summed E-state index contributed by atoms with van der Waals surface area (Å²) in [6, 6.07) is 5.47. The largest absolute Gasteiger partial charge is 0.250 e. The predicted molar refractivity (Wildman–Crippen MR) is 55.9 cm³/mol. The molecule has 0 saturated carbocycles. The molecule has 1 nitrogen and oxygen atoms in total. The van der Waals surface area contributed by atoms with Crippen LogP contribution >= 0.6 is 0 Å². The van der Waals surface area contributed by atoms with E-state index in [1.165, 1.54) is 6.07 Å². The van der Waals surface area contributed by atoms with Crippen molar-refractivity contribution in [3.05, 3.63) is 40.8 Å². The lowest BCUT2D eigenvalue weighted by Crippen LogP contribution is -1.91. The maximum atomic E-state index is 13.5. The first-order valence-corrected chi connectivity index (χ1v) is 4.62. The summed E-state index contributed by atoms with van der Waals surface area (Å²) in [5.41, 5.74) is 3.35. The minimum atomic E-state index is -0.230. The summed E-state index contributed by atoms with van der Waals surface area (Å²) >= 11 is 0. The van der Waals surface area contributed by atoms with Crippen LogP contribution in [0.25, 0.3) is 10.9 Å². The molecule has 0 unspecified atom stereocenters. The van der Waals surface area contributed by atoms with Crippen LogP contribution in [0.5, 0.6) is 0 Å². The van der Waals surface area contributed by atoms with E-state index in [0.717, 1.165) is 22.2 Å². The zero-order valence-corrected chi connectivity index (χ0v) is 8.56. The number of hydrogen-bond donors (Lipinski definition) is 0.